The van der Waals surface area contributed by atoms with Crippen LogP contribution in [-0.2, 0) is 0 Å². The van der Waals surface area contributed by atoms with Crippen LogP contribution in [0.2, 0.25) is 0 Å². The highest BCUT2D eigenvalue weighted by atomic mass is 15.2. The second-order valence-electron chi connectivity index (χ2n) is 6.02. The maximum absolute atomic E-state index is 4.87. The van der Waals surface area contributed by atoms with E-state index < -0.39 is 0 Å². The number of hydrogen-bond acceptors (Lipinski definition) is 3. The summed E-state index contributed by atoms with van der Waals surface area (Å²) in [6.07, 6.45) is 4.23. The molecule has 1 saturated heterocycles. The maximum atomic E-state index is 4.87. The topological polar surface area (TPSA) is 42.7 Å². The van der Waals surface area contributed by atoms with Gasteiger partial charge in [0.2, 0.25) is 0 Å². The first kappa shape index (κ1) is 13.5. The first-order valence-electron chi connectivity index (χ1n) is 7.93. The Hall–Kier alpha value is -2.20. The average Bonchev–Trinajstić information content (AvgIpc) is 2.95. The fourth-order valence-corrected chi connectivity index (χ4v) is 3.32. The summed E-state index contributed by atoms with van der Waals surface area (Å²) in [5.41, 5.74) is 4.40. The van der Waals surface area contributed by atoms with E-state index in [-0.39, 0.29) is 0 Å². The standard InChI is InChI=1S/C18H20N4/c1-13-5-2-6-14(11-13)17-21-16-8-4-10-20-18(16)22(17)15-7-3-9-19-12-15/h2,4-6,8,10-11,15,19H,3,7,9,12H2,1H3. The van der Waals surface area contributed by atoms with Crippen molar-refractivity contribution in [1.82, 2.24) is 19.9 Å². The first-order valence-corrected chi connectivity index (χ1v) is 7.93. The van der Waals surface area contributed by atoms with Crippen LogP contribution in [0, 0.1) is 6.92 Å². The second-order valence-corrected chi connectivity index (χ2v) is 6.02. The van der Waals surface area contributed by atoms with Crippen LogP contribution in [0.4, 0.5) is 0 Å². The zero-order chi connectivity index (χ0) is 14.9. The third-order valence-corrected chi connectivity index (χ3v) is 4.36. The van der Waals surface area contributed by atoms with Gasteiger partial charge >= 0.3 is 0 Å². The van der Waals surface area contributed by atoms with E-state index in [0.717, 1.165) is 30.1 Å². The highest BCUT2D eigenvalue weighted by Gasteiger charge is 2.22. The molecular weight excluding hydrogens is 272 g/mol. The molecule has 3 aromatic rings. The molecule has 1 aromatic carbocycles. The molecular formula is C18H20N4. The molecule has 1 N–H and O–H groups in total. The normalized spacial score (nSPS) is 18.7. The number of aryl methyl sites for hydroxylation is 1. The van der Waals surface area contributed by atoms with Gasteiger partial charge in [-0.25, -0.2) is 9.97 Å². The minimum atomic E-state index is 0.421. The Morgan fingerprint density at radius 1 is 1.23 bits per heavy atom. The van der Waals surface area contributed by atoms with E-state index >= 15 is 0 Å². The van der Waals surface area contributed by atoms with Gasteiger partial charge in [0.05, 0.1) is 0 Å². The summed E-state index contributed by atoms with van der Waals surface area (Å²) in [5, 5.41) is 3.50. The van der Waals surface area contributed by atoms with Gasteiger partial charge in [0.15, 0.2) is 5.65 Å². The molecule has 4 rings (SSSR count). The van der Waals surface area contributed by atoms with Crippen molar-refractivity contribution in [1.29, 1.82) is 0 Å². The molecule has 2 aromatic heterocycles. The highest BCUT2D eigenvalue weighted by Crippen LogP contribution is 2.30. The van der Waals surface area contributed by atoms with Crippen LogP contribution in [0.5, 0.6) is 0 Å². The van der Waals surface area contributed by atoms with Crippen LogP contribution in [-0.4, -0.2) is 27.6 Å². The van der Waals surface area contributed by atoms with Crippen molar-refractivity contribution in [2.45, 2.75) is 25.8 Å². The number of aromatic nitrogens is 3. The zero-order valence-corrected chi connectivity index (χ0v) is 12.8. The number of nitrogens with one attached hydrogen (secondary N) is 1. The number of nitrogens with zero attached hydrogens (tertiary/aromatic N) is 3. The van der Waals surface area contributed by atoms with Gasteiger partial charge in [-0.1, -0.05) is 23.8 Å². The molecule has 3 heterocycles. The predicted molar refractivity (Wildman–Crippen MR) is 88.8 cm³/mol. The summed E-state index contributed by atoms with van der Waals surface area (Å²) < 4.78 is 2.33. The Bertz CT molecular complexity index is 800. The number of hydrogen-bond donors (Lipinski definition) is 1. The lowest BCUT2D eigenvalue weighted by Crippen LogP contribution is -2.32. The molecule has 22 heavy (non-hydrogen) atoms. The number of benzene rings is 1. The van der Waals surface area contributed by atoms with Crippen LogP contribution in [0.1, 0.15) is 24.4 Å². The Morgan fingerprint density at radius 2 is 2.18 bits per heavy atom. The molecule has 1 unspecified atom stereocenters. The van der Waals surface area contributed by atoms with Gasteiger partial charge in [-0.05, 0) is 44.5 Å². The minimum absolute atomic E-state index is 0.421. The molecule has 0 spiro atoms. The van der Waals surface area contributed by atoms with E-state index in [2.05, 4.69) is 46.1 Å². The van der Waals surface area contributed by atoms with Gasteiger partial charge in [-0.2, -0.15) is 0 Å². The van der Waals surface area contributed by atoms with E-state index in [1.807, 2.05) is 18.3 Å². The van der Waals surface area contributed by atoms with Crippen LogP contribution in [0.15, 0.2) is 42.6 Å². The summed E-state index contributed by atoms with van der Waals surface area (Å²) in [6, 6.07) is 13.0. The van der Waals surface area contributed by atoms with Crippen LogP contribution in [0.25, 0.3) is 22.6 Å². The van der Waals surface area contributed by atoms with Crippen molar-refractivity contribution in [2.24, 2.45) is 0 Å². The fraction of sp³-hybridized carbons (Fsp3) is 0.333. The average molecular weight is 292 g/mol. The minimum Gasteiger partial charge on any atom is -0.315 e. The van der Waals surface area contributed by atoms with Crippen LogP contribution >= 0.6 is 0 Å². The summed E-state index contributed by atoms with van der Waals surface area (Å²) in [7, 11) is 0. The van der Waals surface area contributed by atoms with Crippen LogP contribution in [0.3, 0.4) is 0 Å². The van der Waals surface area contributed by atoms with Crippen molar-refractivity contribution >= 4 is 11.2 Å². The monoisotopic (exact) mass is 292 g/mol. The highest BCUT2D eigenvalue weighted by molar-refractivity contribution is 5.77. The van der Waals surface area contributed by atoms with Crippen molar-refractivity contribution in [3.63, 3.8) is 0 Å². The van der Waals surface area contributed by atoms with E-state index in [4.69, 9.17) is 4.98 Å². The zero-order valence-electron chi connectivity index (χ0n) is 12.8. The molecule has 0 radical (unpaired) electrons. The first-order chi connectivity index (χ1) is 10.8. The number of piperidine rings is 1. The van der Waals surface area contributed by atoms with E-state index in [9.17, 15) is 0 Å². The van der Waals surface area contributed by atoms with Gasteiger partial charge in [-0.3, -0.25) is 0 Å². The molecule has 1 aliphatic rings. The Kier molecular flexibility index (Phi) is 3.39. The third kappa shape index (κ3) is 2.29. The summed E-state index contributed by atoms with van der Waals surface area (Å²) in [6.45, 7) is 4.22. The van der Waals surface area contributed by atoms with Crippen LogP contribution < -0.4 is 5.32 Å². The quantitative estimate of drug-likeness (QED) is 0.788. The van der Waals surface area contributed by atoms with Crippen molar-refractivity contribution in [2.75, 3.05) is 13.1 Å². The van der Waals surface area contributed by atoms with Gasteiger partial charge in [0.25, 0.3) is 0 Å². The van der Waals surface area contributed by atoms with Gasteiger partial charge < -0.3 is 9.88 Å². The molecule has 4 heteroatoms. The second kappa shape index (κ2) is 5.54. The van der Waals surface area contributed by atoms with E-state index in [1.165, 1.54) is 24.0 Å². The summed E-state index contributed by atoms with van der Waals surface area (Å²) in [5.74, 6) is 1.03. The lowest BCUT2D eigenvalue weighted by Gasteiger charge is -2.26. The summed E-state index contributed by atoms with van der Waals surface area (Å²) in [4.78, 5) is 9.47. The van der Waals surface area contributed by atoms with Crippen molar-refractivity contribution in [3.8, 4) is 11.4 Å². The van der Waals surface area contributed by atoms with Crippen molar-refractivity contribution in [3.05, 3.63) is 48.2 Å². The lowest BCUT2D eigenvalue weighted by atomic mass is 10.1. The Labute approximate surface area is 130 Å². The van der Waals surface area contributed by atoms with E-state index in [0.29, 0.717) is 6.04 Å². The van der Waals surface area contributed by atoms with Gasteiger partial charge in [0.1, 0.15) is 11.3 Å². The lowest BCUT2D eigenvalue weighted by molar-refractivity contribution is 0.379. The molecule has 0 aliphatic carbocycles. The molecule has 112 valence electrons. The van der Waals surface area contributed by atoms with E-state index in [1.54, 1.807) is 0 Å². The SMILES string of the molecule is Cc1cccc(-c2nc3cccnc3n2C2CCCNC2)c1. The number of fused-ring (bicyclic) bond motifs is 1. The number of rotatable bonds is 2. The fourth-order valence-electron chi connectivity index (χ4n) is 3.32. The molecule has 1 atom stereocenters. The molecule has 0 saturated carbocycles. The molecule has 4 nitrogen and oxygen atoms in total. The summed E-state index contributed by atoms with van der Waals surface area (Å²) >= 11 is 0. The number of pyridine rings is 1. The molecule has 0 bridgehead atoms. The van der Waals surface area contributed by atoms with Gasteiger partial charge in [0, 0.05) is 24.3 Å². The Balaban J connectivity index is 1.93. The van der Waals surface area contributed by atoms with Gasteiger partial charge in [-0.15, -0.1) is 0 Å². The maximum Gasteiger partial charge on any atom is 0.160 e. The largest absolute Gasteiger partial charge is 0.315 e. The Morgan fingerprint density at radius 3 is 3.00 bits per heavy atom. The molecule has 1 aliphatic heterocycles. The predicted octanol–water partition coefficient (Wildman–Crippen LogP) is 3.33. The number of imidazole rings is 1. The third-order valence-electron chi connectivity index (χ3n) is 4.36. The smallest absolute Gasteiger partial charge is 0.160 e. The van der Waals surface area contributed by atoms with Crippen molar-refractivity contribution < 1.29 is 0 Å². The molecule has 0 amide bonds. The molecule has 1 fully saturated rings.